The molecule has 0 saturated heterocycles. The van der Waals surface area contributed by atoms with Crippen molar-refractivity contribution in [3.05, 3.63) is 104 Å². The number of nitrogens with two attached hydrogens (primary N) is 1. The van der Waals surface area contributed by atoms with E-state index in [1.807, 2.05) is 36.3 Å². The predicted octanol–water partition coefficient (Wildman–Crippen LogP) is 3.32. The molecule has 1 aliphatic heterocycles. The second kappa shape index (κ2) is 14.4. The lowest BCUT2D eigenvalue weighted by Gasteiger charge is -2.31. The predicted molar refractivity (Wildman–Crippen MR) is 147 cm³/mol. The molecule has 0 aliphatic carbocycles. The van der Waals surface area contributed by atoms with Gasteiger partial charge in [0, 0.05) is 31.4 Å². The minimum atomic E-state index is -1.02. The number of halogens is 1. The molecule has 212 valence electrons. The fourth-order valence-corrected chi connectivity index (χ4v) is 4.16. The van der Waals surface area contributed by atoms with E-state index in [0.717, 1.165) is 5.56 Å². The number of carbonyl (C=O) groups excluding carboxylic acids is 3. The number of hydrogen-bond donors (Lipinski definition) is 2. The van der Waals surface area contributed by atoms with Crippen LogP contribution in [-0.4, -0.2) is 55.2 Å². The number of allylic oxidation sites excluding steroid dienone is 2. The van der Waals surface area contributed by atoms with Crippen molar-refractivity contribution in [2.45, 2.75) is 19.4 Å². The van der Waals surface area contributed by atoms with Crippen molar-refractivity contribution >= 4 is 36.1 Å². The average molecular weight is 573 g/mol. The van der Waals surface area contributed by atoms with E-state index >= 15 is 0 Å². The first kappa shape index (κ1) is 31.4. The van der Waals surface area contributed by atoms with E-state index < -0.39 is 22.9 Å². The van der Waals surface area contributed by atoms with Crippen LogP contribution in [0.5, 0.6) is 0 Å². The first-order valence-electron chi connectivity index (χ1n) is 11.7. The number of esters is 1. The van der Waals surface area contributed by atoms with Crippen molar-refractivity contribution in [1.82, 2.24) is 10.2 Å². The monoisotopic (exact) mass is 572 g/mol. The summed E-state index contributed by atoms with van der Waals surface area (Å²) in [6, 6.07) is 15.1. The van der Waals surface area contributed by atoms with Gasteiger partial charge >= 0.3 is 12.1 Å². The van der Waals surface area contributed by atoms with Crippen molar-refractivity contribution in [2.24, 2.45) is 5.73 Å². The second-order valence-electron chi connectivity index (χ2n) is 8.57. The molecule has 0 aromatic heterocycles. The third-order valence-electron chi connectivity index (χ3n) is 5.98. The summed E-state index contributed by atoms with van der Waals surface area (Å²) < 4.78 is 16.0. The highest BCUT2D eigenvalue weighted by atomic mass is 35.5. The summed E-state index contributed by atoms with van der Waals surface area (Å²) in [7, 11) is 3.03. The number of benzene rings is 2. The molecule has 3 N–H and O–H groups in total. The molecule has 0 bridgehead atoms. The van der Waals surface area contributed by atoms with Crippen LogP contribution in [-0.2, 0) is 30.3 Å². The zero-order valence-electron chi connectivity index (χ0n) is 22.0. The van der Waals surface area contributed by atoms with Crippen molar-refractivity contribution in [3.8, 4) is 0 Å². The van der Waals surface area contributed by atoms with Crippen LogP contribution in [0, 0.1) is 10.1 Å². The van der Waals surface area contributed by atoms with Gasteiger partial charge in [-0.15, -0.1) is 12.4 Å². The number of nitro benzene ring substituents is 1. The Morgan fingerprint density at radius 3 is 2.45 bits per heavy atom. The molecule has 0 radical (unpaired) electrons. The molecule has 1 amide bonds. The van der Waals surface area contributed by atoms with Crippen LogP contribution in [0.3, 0.4) is 0 Å². The molecular weight excluding hydrogens is 544 g/mol. The number of primary amides is 1. The molecule has 40 heavy (non-hydrogen) atoms. The Labute approximate surface area is 236 Å². The lowest BCUT2D eigenvalue weighted by molar-refractivity contribution is -0.384. The zero-order valence-corrected chi connectivity index (χ0v) is 22.9. The van der Waals surface area contributed by atoms with Crippen LogP contribution >= 0.6 is 12.4 Å². The van der Waals surface area contributed by atoms with Gasteiger partial charge in [-0.1, -0.05) is 42.5 Å². The number of hydrogen-bond acceptors (Lipinski definition) is 10. The maximum atomic E-state index is 13.4. The van der Waals surface area contributed by atoms with Crippen LogP contribution in [0.1, 0.15) is 24.0 Å². The minimum absolute atomic E-state index is 0. The van der Waals surface area contributed by atoms with E-state index in [1.165, 1.54) is 25.3 Å². The fraction of sp³-hybridized carbons (Fsp3) is 0.259. The van der Waals surface area contributed by atoms with Gasteiger partial charge in [-0.3, -0.25) is 10.1 Å². The number of nitrogens with zero attached hydrogens (tertiary/aromatic N) is 2. The lowest BCUT2D eigenvalue weighted by atomic mass is 9.84. The second-order valence-corrected chi connectivity index (χ2v) is 8.57. The number of ether oxygens (including phenoxy) is 3. The summed E-state index contributed by atoms with van der Waals surface area (Å²) in [5.74, 6) is 0.244. The largest absolute Gasteiger partial charge is 0.498 e. The number of nitro groups is 1. The molecule has 1 atom stereocenters. The number of methoxy groups -OCH3 is 1. The van der Waals surface area contributed by atoms with Crippen molar-refractivity contribution in [3.63, 3.8) is 0 Å². The molecule has 0 spiro atoms. The summed E-state index contributed by atoms with van der Waals surface area (Å²) in [5.41, 5.74) is 7.03. The maximum absolute atomic E-state index is 13.4. The van der Waals surface area contributed by atoms with E-state index in [-0.39, 0.29) is 54.0 Å². The minimum Gasteiger partial charge on any atom is -0.498 e. The van der Waals surface area contributed by atoms with Gasteiger partial charge in [0.05, 0.1) is 29.2 Å². The summed E-state index contributed by atoms with van der Waals surface area (Å²) in [6.07, 6.45) is -1.02. The number of non-ortho nitro benzene ring substituents is 1. The molecule has 12 nitrogen and oxygen atoms in total. The Hall–Kier alpha value is -4.80. The molecule has 0 saturated carbocycles. The SMILES string of the molecule is COC1=C(COC(N)=O)NC(C)=C(C(=O)OCC(=C=O)N(C)Cc2ccccc2)C1c1cccc([N+](=O)[O-])c1.Cl. The number of nitrogens with one attached hydrogen (secondary N) is 1. The Morgan fingerprint density at radius 1 is 1.15 bits per heavy atom. The summed E-state index contributed by atoms with van der Waals surface area (Å²) in [6.45, 7) is 1.32. The standard InChI is InChI=1S/C27H28N4O8.ClH/c1-17-23(26(33)38-15-21(14-32)30(2)13-18-8-5-4-6-9-18)24(19-10-7-11-20(12-19)31(35)36)25(37-3)22(29-17)16-39-27(28)34;/h4-12,24,29H,13,15-16H2,1-3H3,(H2,28,34);1H. The number of rotatable bonds is 11. The summed E-state index contributed by atoms with van der Waals surface area (Å²) in [4.78, 5) is 48.9. The molecule has 0 fully saturated rings. The topological polar surface area (TPSA) is 163 Å². The normalized spacial score (nSPS) is 14.2. The molecule has 1 heterocycles. The maximum Gasteiger partial charge on any atom is 0.404 e. The molecular formula is C27H29ClN4O8. The number of likely N-dealkylation sites (N-methyl/N-ethyl adjacent to an activating group) is 1. The van der Waals surface area contributed by atoms with Crippen molar-refractivity contribution in [2.75, 3.05) is 27.4 Å². The molecule has 1 unspecified atom stereocenters. The summed E-state index contributed by atoms with van der Waals surface area (Å²) in [5, 5.41) is 14.4. The Bertz CT molecular complexity index is 1370. The van der Waals surface area contributed by atoms with Gasteiger partial charge in [-0.2, -0.15) is 0 Å². The van der Waals surface area contributed by atoms with Crippen molar-refractivity contribution < 1.29 is 33.5 Å². The fourth-order valence-electron chi connectivity index (χ4n) is 4.16. The van der Waals surface area contributed by atoms with E-state index in [9.17, 15) is 24.5 Å². The van der Waals surface area contributed by atoms with E-state index in [0.29, 0.717) is 17.8 Å². The quantitative estimate of drug-likeness (QED) is 0.177. The summed E-state index contributed by atoms with van der Waals surface area (Å²) >= 11 is 0. The molecule has 2 aromatic rings. The third kappa shape index (κ3) is 7.62. The molecule has 1 aliphatic rings. The number of dihydropyridines is 1. The van der Waals surface area contributed by atoms with Gasteiger partial charge in [0.1, 0.15) is 30.6 Å². The van der Waals surface area contributed by atoms with Gasteiger partial charge in [0.15, 0.2) is 0 Å². The van der Waals surface area contributed by atoms with Crippen LogP contribution in [0.15, 0.2) is 83.0 Å². The lowest BCUT2D eigenvalue weighted by Crippen LogP contribution is -2.33. The number of amides is 1. The molecule has 13 heteroatoms. The van der Waals surface area contributed by atoms with E-state index in [1.54, 1.807) is 24.9 Å². The smallest absolute Gasteiger partial charge is 0.404 e. The highest BCUT2D eigenvalue weighted by Crippen LogP contribution is 2.40. The zero-order chi connectivity index (χ0) is 28.5. The van der Waals surface area contributed by atoms with Crippen LogP contribution in [0.25, 0.3) is 0 Å². The van der Waals surface area contributed by atoms with E-state index in [2.05, 4.69) is 5.32 Å². The van der Waals surface area contributed by atoms with Gasteiger partial charge in [-0.25, -0.2) is 14.4 Å². The molecule has 3 rings (SSSR count). The Balaban J connectivity index is 0.00000560. The van der Waals surface area contributed by atoms with Crippen LogP contribution < -0.4 is 11.1 Å². The highest BCUT2D eigenvalue weighted by molar-refractivity contribution is 5.92. The van der Waals surface area contributed by atoms with Gasteiger partial charge in [-0.05, 0) is 18.1 Å². The third-order valence-corrected chi connectivity index (χ3v) is 5.98. The first-order chi connectivity index (χ1) is 18.7. The Morgan fingerprint density at radius 2 is 1.85 bits per heavy atom. The Kier molecular flexibility index (Phi) is 11.3. The van der Waals surface area contributed by atoms with Crippen molar-refractivity contribution in [1.29, 1.82) is 0 Å². The van der Waals surface area contributed by atoms with Crippen LogP contribution in [0.2, 0.25) is 0 Å². The van der Waals surface area contributed by atoms with Crippen LogP contribution in [0.4, 0.5) is 10.5 Å². The van der Waals surface area contributed by atoms with Gasteiger partial charge < -0.3 is 30.2 Å². The highest BCUT2D eigenvalue weighted by Gasteiger charge is 2.37. The molecule has 2 aromatic carbocycles. The first-order valence-corrected chi connectivity index (χ1v) is 11.7. The van der Waals surface area contributed by atoms with E-state index in [4.69, 9.17) is 19.9 Å². The number of carbonyl (C=O) groups is 2. The van der Waals surface area contributed by atoms with Gasteiger partial charge in [0.25, 0.3) is 5.69 Å². The average Bonchev–Trinajstić information content (AvgIpc) is 2.92. The van der Waals surface area contributed by atoms with Gasteiger partial charge in [0.2, 0.25) is 0 Å².